The van der Waals surface area contributed by atoms with Crippen LogP contribution in [0, 0.1) is 22.0 Å². The standard InChI is InChI=1S/C6H6N4O2/c7-3-1-2-5-6(10(11)12)9-4-8-5/h4H,3,7H2,(H,8,9). The lowest BCUT2D eigenvalue weighted by Gasteiger charge is -1.87. The van der Waals surface area contributed by atoms with Crippen molar-refractivity contribution in [2.45, 2.75) is 0 Å². The van der Waals surface area contributed by atoms with Gasteiger partial charge in [0.2, 0.25) is 5.69 Å². The van der Waals surface area contributed by atoms with Gasteiger partial charge < -0.3 is 15.8 Å². The van der Waals surface area contributed by atoms with Crippen LogP contribution in [0.25, 0.3) is 0 Å². The van der Waals surface area contributed by atoms with Gasteiger partial charge in [-0.2, -0.15) is 4.98 Å². The van der Waals surface area contributed by atoms with Crippen LogP contribution in [0.15, 0.2) is 6.33 Å². The van der Waals surface area contributed by atoms with Crippen molar-refractivity contribution in [3.05, 3.63) is 22.1 Å². The molecule has 1 rings (SSSR count). The van der Waals surface area contributed by atoms with Crippen molar-refractivity contribution in [1.82, 2.24) is 9.97 Å². The Kier molecular flexibility index (Phi) is 2.40. The Morgan fingerprint density at radius 2 is 2.58 bits per heavy atom. The molecule has 0 fully saturated rings. The molecular weight excluding hydrogens is 160 g/mol. The maximum Gasteiger partial charge on any atom is 0.356 e. The van der Waals surface area contributed by atoms with Crippen LogP contribution in [0.3, 0.4) is 0 Å². The summed E-state index contributed by atoms with van der Waals surface area (Å²) in [6.07, 6.45) is 1.22. The molecule has 0 unspecified atom stereocenters. The molecule has 0 radical (unpaired) electrons. The van der Waals surface area contributed by atoms with Crippen molar-refractivity contribution in [3.8, 4) is 11.8 Å². The Morgan fingerprint density at radius 1 is 1.83 bits per heavy atom. The van der Waals surface area contributed by atoms with E-state index in [1.54, 1.807) is 0 Å². The van der Waals surface area contributed by atoms with Crippen molar-refractivity contribution < 1.29 is 4.92 Å². The number of rotatable bonds is 1. The maximum absolute atomic E-state index is 10.3. The van der Waals surface area contributed by atoms with Gasteiger partial charge in [-0.3, -0.25) is 0 Å². The number of aromatic nitrogens is 2. The number of nitrogens with zero attached hydrogens (tertiary/aromatic N) is 2. The summed E-state index contributed by atoms with van der Waals surface area (Å²) in [5.74, 6) is 4.75. The third-order valence-electron chi connectivity index (χ3n) is 1.11. The van der Waals surface area contributed by atoms with E-state index in [2.05, 4.69) is 21.8 Å². The number of hydrogen-bond acceptors (Lipinski definition) is 4. The minimum absolute atomic E-state index is 0.116. The van der Waals surface area contributed by atoms with Crippen molar-refractivity contribution >= 4 is 5.82 Å². The first-order valence-corrected chi connectivity index (χ1v) is 3.12. The largest absolute Gasteiger partial charge is 0.358 e. The zero-order chi connectivity index (χ0) is 8.97. The molecule has 0 saturated heterocycles. The summed E-state index contributed by atoms with van der Waals surface area (Å²) in [5.41, 5.74) is 5.21. The molecule has 0 aliphatic carbocycles. The Bertz CT molecular complexity index is 346. The number of H-pyrrole nitrogens is 1. The zero-order valence-electron chi connectivity index (χ0n) is 6.07. The van der Waals surface area contributed by atoms with Gasteiger partial charge in [-0.1, -0.05) is 5.92 Å². The number of nitro groups is 1. The molecule has 1 aromatic heterocycles. The van der Waals surface area contributed by atoms with E-state index in [1.807, 2.05) is 0 Å². The van der Waals surface area contributed by atoms with Crippen molar-refractivity contribution in [2.24, 2.45) is 5.73 Å². The van der Waals surface area contributed by atoms with Gasteiger partial charge in [0.1, 0.15) is 0 Å². The molecule has 1 heterocycles. The molecule has 0 aliphatic heterocycles. The van der Waals surface area contributed by atoms with Gasteiger partial charge in [-0.25, -0.2) is 4.98 Å². The molecule has 1 aromatic rings. The highest BCUT2D eigenvalue weighted by atomic mass is 16.6. The van der Waals surface area contributed by atoms with E-state index in [0.29, 0.717) is 0 Å². The molecule has 6 nitrogen and oxygen atoms in total. The molecule has 0 spiro atoms. The molecule has 6 heteroatoms. The second kappa shape index (κ2) is 3.50. The van der Waals surface area contributed by atoms with E-state index in [1.165, 1.54) is 6.33 Å². The summed E-state index contributed by atoms with van der Waals surface area (Å²) >= 11 is 0. The van der Waals surface area contributed by atoms with E-state index in [9.17, 15) is 10.1 Å². The van der Waals surface area contributed by atoms with Crippen molar-refractivity contribution in [2.75, 3.05) is 6.54 Å². The number of hydrogen-bond donors (Lipinski definition) is 2. The number of nitrogens with two attached hydrogens (primary N) is 1. The molecular formula is C6H6N4O2. The summed E-state index contributed by atoms with van der Waals surface area (Å²) in [7, 11) is 0. The highest BCUT2D eigenvalue weighted by Gasteiger charge is 2.11. The number of nitrogens with one attached hydrogen (secondary N) is 1. The van der Waals surface area contributed by atoms with Crippen molar-refractivity contribution in [3.63, 3.8) is 0 Å². The van der Waals surface area contributed by atoms with E-state index < -0.39 is 4.92 Å². The van der Waals surface area contributed by atoms with Crippen LogP contribution >= 0.6 is 0 Å². The molecule has 0 atom stereocenters. The van der Waals surface area contributed by atoms with Crippen LogP contribution < -0.4 is 5.73 Å². The molecule has 0 aliphatic rings. The topological polar surface area (TPSA) is 97.8 Å². The predicted molar refractivity (Wildman–Crippen MR) is 41.2 cm³/mol. The van der Waals surface area contributed by atoms with Gasteiger partial charge >= 0.3 is 5.82 Å². The molecule has 12 heavy (non-hydrogen) atoms. The first-order valence-electron chi connectivity index (χ1n) is 3.12. The normalized spacial score (nSPS) is 8.75. The van der Waals surface area contributed by atoms with E-state index >= 15 is 0 Å². The highest BCUT2D eigenvalue weighted by molar-refractivity contribution is 5.40. The summed E-state index contributed by atoms with van der Waals surface area (Å²) in [5, 5.41) is 10.3. The van der Waals surface area contributed by atoms with Gasteiger partial charge in [0, 0.05) is 0 Å². The van der Waals surface area contributed by atoms with Gasteiger partial charge in [-0.05, 0) is 10.8 Å². The lowest BCUT2D eigenvalue weighted by atomic mass is 10.4. The highest BCUT2D eigenvalue weighted by Crippen LogP contribution is 2.09. The average molecular weight is 166 g/mol. The summed E-state index contributed by atoms with van der Waals surface area (Å²) in [6, 6.07) is 0. The Labute approximate surface area is 67.9 Å². The molecule has 0 aromatic carbocycles. The molecule has 3 N–H and O–H groups in total. The monoisotopic (exact) mass is 166 g/mol. The smallest absolute Gasteiger partial charge is 0.356 e. The first-order chi connectivity index (χ1) is 5.75. The minimum Gasteiger partial charge on any atom is -0.358 e. The summed E-state index contributed by atoms with van der Waals surface area (Å²) < 4.78 is 0. The van der Waals surface area contributed by atoms with Gasteiger partial charge in [0.15, 0.2) is 6.33 Å². The van der Waals surface area contributed by atoms with E-state index in [0.717, 1.165) is 0 Å². The second-order valence-corrected chi connectivity index (χ2v) is 1.86. The van der Waals surface area contributed by atoms with Crippen LogP contribution in [-0.2, 0) is 0 Å². The van der Waals surface area contributed by atoms with Crippen LogP contribution in [0.1, 0.15) is 5.69 Å². The third kappa shape index (κ3) is 1.59. The van der Waals surface area contributed by atoms with Gasteiger partial charge in [-0.15, -0.1) is 0 Å². The zero-order valence-corrected chi connectivity index (χ0v) is 6.07. The van der Waals surface area contributed by atoms with Crippen LogP contribution in [0.2, 0.25) is 0 Å². The average Bonchev–Trinajstić information content (AvgIpc) is 2.48. The minimum atomic E-state index is -0.576. The lowest BCUT2D eigenvalue weighted by Crippen LogP contribution is -1.94. The fraction of sp³-hybridized carbons (Fsp3) is 0.167. The second-order valence-electron chi connectivity index (χ2n) is 1.86. The van der Waals surface area contributed by atoms with E-state index in [4.69, 9.17) is 5.73 Å². The fourth-order valence-electron chi connectivity index (χ4n) is 0.653. The van der Waals surface area contributed by atoms with Crippen LogP contribution in [-0.4, -0.2) is 21.4 Å². The lowest BCUT2D eigenvalue weighted by molar-refractivity contribution is -0.389. The van der Waals surface area contributed by atoms with Gasteiger partial charge in [0.05, 0.1) is 6.54 Å². The van der Waals surface area contributed by atoms with Crippen LogP contribution in [0.5, 0.6) is 0 Å². The molecule has 62 valence electrons. The molecule has 0 saturated carbocycles. The van der Waals surface area contributed by atoms with Gasteiger partial charge in [0.25, 0.3) is 0 Å². The predicted octanol–water partition coefficient (Wildman–Crippen LogP) is -0.372. The molecule has 0 bridgehead atoms. The quantitative estimate of drug-likeness (QED) is 0.337. The van der Waals surface area contributed by atoms with Crippen LogP contribution in [0.4, 0.5) is 5.82 Å². The fourth-order valence-corrected chi connectivity index (χ4v) is 0.653. The molecule has 0 amide bonds. The Morgan fingerprint density at radius 3 is 3.17 bits per heavy atom. The Balaban J connectivity index is 2.99. The number of imidazole rings is 1. The Hall–Kier alpha value is -1.87. The summed E-state index contributed by atoms with van der Waals surface area (Å²) in [4.78, 5) is 15.7. The summed E-state index contributed by atoms with van der Waals surface area (Å²) in [6.45, 7) is 0.157. The van der Waals surface area contributed by atoms with E-state index in [-0.39, 0.29) is 18.1 Å². The van der Waals surface area contributed by atoms with Crippen molar-refractivity contribution in [1.29, 1.82) is 0 Å². The number of aromatic amines is 1. The maximum atomic E-state index is 10.3. The third-order valence-corrected chi connectivity index (χ3v) is 1.11. The first kappa shape index (κ1) is 8.23. The SMILES string of the molecule is NCC#Cc1nc[nH]c1[N+](=O)[O-].